The molecule has 0 unspecified atom stereocenters. The van der Waals surface area contributed by atoms with Gasteiger partial charge in [-0.25, -0.2) is 9.78 Å². The zero-order valence-corrected chi connectivity index (χ0v) is 12.8. The van der Waals surface area contributed by atoms with Crippen molar-refractivity contribution < 1.29 is 9.53 Å². The van der Waals surface area contributed by atoms with Gasteiger partial charge in [0.05, 0.1) is 5.69 Å². The fourth-order valence-electron chi connectivity index (χ4n) is 2.09. The molecule has 0 aromatic carbocycles. The lowest BCUT2D eigenvalue weighted by atomic mass is 10.2. The summed E-state index contributed by atoms with van der Waals surface area (Å²) in [6, 6.07) is 0. The van der Waals surface area contributed by atoms with Crippen LogP contribution in [0.25, 0.3) is 0 Å². The summed E-state index contributed by atoms with van der Waals surface area (Å²) in [5.41, 5.74) is 1.83. The number of nitrogens with zero attached hydrogens (tertiary/aromatic N) is 2. The number of carbonyl (C=O) groups excluding carboxylic acids is 1. The van der Waals surface area contributed by atoms with Crippen LogP contribution in [-0.2, 0) is 17.7 Å². The minimum absolute atomic E-state index is 0.375. The van der Waals surface area contributed by atoms with E-state index < -0.39 is 5.60 Å². The normalized spacial score (nSPS) is 11.5. The summed E-state index contributed by atoms with van der Waals surface area (Å²) in [6.45, 7) is 12.9. The number of nitrogens with one attached hydrogen (secondary N) is 1. The number of hydrogen-bond donors (Lipinski definition) is 1. The second-order valence-corrected chi connectivity index (χ2v) is 5.62. The third kappa shape index (κ3) is 4.58. The lowest BCUT2D eigenvalue weighted by molar-refractivity contribution is 0.0526. The molecule has 19 heavy (non-hydrogen) atoms. The molecular weight excluding hydrogens is 242 g/mol. The van der Waals surface area contributed by atoms with Crippen LogP contribution in [0.15, 0.2) is 0 Å². The molecule has 0 bridgehead atoms. The van der Waals surface area contributed by atoms with Crippen LogP contribution in [-0.4, -0.2) is 27.8 Å². The van der Waals surface area contributed by atoms with E-state index in [4.69, 9.17) is 4.74 Å². The molecule has 0 aliphatic rings. The maximum Gasteiger partial charge on any atom is 0.407 e. The maximum absolute atomic E-state index is 11.5. The Morgan fingerprint density at radius 1 is 1.37 bits per heavy atom. The molecule has 1 amide bonds. The first-order chi connectivity index (χ1) is 8.74. The second-order valence-electron chi connectivity index (χ2n) is 5.62. The Kier molecular flexibility index (Phi) is 4.97. The monoisotopic (exact) mass is 267 g/mol. The highest BCUT2D eigenvalue weighted by atomic mass is 16.6. The van der Waals surface area contributed by atoms with Crippen LogP contribution in [0, 0.1) is 13.8 Å². The van der Waals surface area contributed by atoms with Crippen molar-refractivity contribution in [3.8, 4) is 0 Å². The average molecular weight is 267 g/mol. The van der Waals surface area contributed by atoms with Gasteiger partial charge >= 0.3 is 6.09 Å². The minimum Gasteiger partial charge on any atom is -0.444 e. The van der Waals surface area contributed by atoms with Crippen molar-refractivity contribution in [1.82, 2.24) is 14.9 Å². The van der Waals surface area contributed by atoms with Gasteiger partial charge in [0.2, 0.25) is 0 Å². The number of amides is 1. The Morgan fingerprint density at radius 3 is 2.53 bits per heavy atom. The molecule has 0 saturated carbocycles. The number of hydrogen-bond acceptors (Lipinski definition) is 3. The van der Waals surface area contributed by atoms with E-state index in [0.717, 1.165) is 24.5 Å². The standard InChI is InChI=1S/C14H25N3O2/c1-7-12-10(2)16-11(3)17(12)9-8-15-13(18)19-14(4,5)6/h7-9H2,1-6H3,(H,15,18). The minimum atomic E-state index is -0.458. The molecule has 1 N–H and O–H groups in total. The van der Waals surface area contributed by atoms with Gasteiger partial charge in [0.15, 0.2) is 0 Å². The van der Waals surface area contributed by atoms with Gasteiger partial charge < -0.3 is 14.6 Å². The lowest BCUT2D eigenvalue weighted by Gasteiger charge is -2.20. The topological polar surface area (TPSA) is 56.2 Å². The van der Waals surface area contributed by atoms with Crippen LogP contribution in [0.3, 0.4) is 0 Å². The zero-order valence-electron chi connectivity index (χ0n) is 12.8. The summed E-state index contributed by atoms with van der Waals surface area (Å²) in [7, 11) is 0. The third-order valence-corrected chi connectivity index (χ3v) is 2.80. The van der Waals surface area contributed by atoms with Crippen molar-refractivity contribution in [3.05, 3.63) is 17.2 Å². The van der Waals surface area contributed by atoms with Gasteiger partial charge in [-0.3, -0.25) is 0 Å². The fraction of sp³-hybridized carbons (Fsp3) is 0.714. The van der Waals surface area contributed by atoms with Gasteiger partial charge in [0, 0.05) is 18.8 Å². The molecule has 0 aliphatic heterocycles. The zero-order chi connectivity index (χ0) is 14.6. The number of carbonyl (C=O) groups is 1. The number of alkyl carbamates (subject to hydrolysis) is 1. The van der Waals surface area contributed by atoms with Crippen LogP contribution < -0.4 is 5.32 Å². The molecule has 0 fully saturated rings. The Hall–Kier alpha value is -1.52. The van der Waals surface area contributed by atoms with E-state index in [1.165, 1.54) is 5.69 Å². The summed E-state index contributed by atoms with van der Waals surface area (Å²) in [5.74, 6) is 0.986. The van der Waals surface area contributed by atoms with Crippen molar-refractivity contribution in [2.45, 2.75) is 60.1 Å². The Balaban J connectivity index is 2.52. The molecule has 1 aromatic heterocycles. The Bertz CT molecular complexity index is 444. The first-order valence-electron chi connectivity index (χ1n) is 6.74. The molecule has 1 heterocycles. The van der Waals surface area contributed by atoms with E-state index >= 15 is 0 Å². The van der Waals surface area contributed by atoms with E-state index in [2.05, 4.69) is 21.8 Å². The largest absolute Gasteiger partial charge is 0.444 e. The van der Waals surface area contributed by atoms with Crippen molar-refractivity contribution >= 4 is 6.09 Å². The number of aromatic nitrogens is 2. The van der Waals surface area contributed by atoms with Gasteiger partial charge in [0.25, 0.3) is 0 Å². The van der Waals surface area contributed by atoms with E-state index in [1.54, 1.807) is 0 Å². The third-order valence-electron chi connectivity index (χ3n) is 2.80. The van der Waals surface area contributed by atoms with Crippen molar-refractivity contribution in [2.24, 2.45) is 0 Å². The van der Waals surface area contributed by atoms with Crippen LogP contribution in [0.4, 0.5) is 4.79 Å². The van der Waals surface area contributed by atoms with Gasteiger partial charge in [-0.15, -0.1) is 0 Å². The van der Waals surface area contributed by atoms with Gasteiger partial charge in [-0.2, -0.15) is 0 Å². The fourth-order valence-corrected chi connectivity index (χ4v) is 2.09. The molecule has 1 rings (SSSR count). The predicted octanol–water partition coefficient (Wildman–Crippen LogP) is 2.59. The number of rotatable bonds is 4. The van der Waals surface area contributed by atoms with Crippen LogP contribution in [0.2, 0.25) is 0 Å². The molecule has 0 atom stereocenters. The molecule has 0 saturated heterocycles. The van der Waals surface area contributed by atoms with Crippen LogP contribution in [0.1, 0.15) is 44.9 Å². The van der Waals surface area contributed by atoms with E-state index in [-0.39, 0.29) is 6.09 Å². The number of imidazole rings is 1. The molecule has 0 radical (unpaired) electrons. The van der Waals surface area contributed by atoms with Crippen LogP contribution >= 0.6 is 0 Å². The van der Waals surface area contributed by atoms with E-state index in [1.807, 2.05) is 34.6 Å². The summed E-state index contributed by atoms with van der Waals surface area (Å²) in [6.07, 6.45) is 0.569. The Morgan fingerprint density at radius 2 is 2.00 bits per heavy atom. The van der Waals surface area contributed by atoms with Crippen molar-refractivity contribution in [2.75, 3.05) is 6.54 Å². The first-order valence-corrected chi connectivity index (χ1v) is 6.74. The van der Waals surface area contributed by atoms with Crippen molar-refractivity contribution in [3.63, 3.8) is 0 Å². The molecular formula is C14H25N3O2. The lowest BCUT2D eigenvalue weighted by Crippen LogP contribution is -2.34. The average Bonchev–Trinajstić information content (AvgIpc) is 2.50. The smallest absolute Gasteiger partial charge is 0.407 e. The highest BCUT2D eigenvalue weighted by molar-refractivity contribution is 5.67. The van der Waals surface area contributed by atoms with Crippen LogP contribution in [0.5, 0.6) is 0 Å². The summed E-state index contributed by atoms with van der Waals surface area (Å²) < 4.78 is 7.34. The summed E-state index contributed by atoms with van der Waals surface area (Å²) in [4.78, 5) is 16.0. The SMILES string of the molecule is CCc1c(C)nc(C)n1CCNC(=O)OC(C)(C)C. The molecule has 0 spiro atoms. The molecule has 0 aliphatic carbocycles. The molecule has 5 heteroatoms. The van der Waals surface area contributed by atoms with E-state index in [9.17, 15) is 4.79 Å². The number of ether oxygens (including phenoxy) is 1. The summed E-state index contributed by atoms with van der Waals surface area (Å²) >= 11 is 0. The maximum atomic E-state index is 11.5. The van der Waals surface area contributed by atoms with Crippen molar-refractivity contribution in [1.29, 1.82) is 0 Å². The predicted molar refractivity (Wildman–Crippen MR) is 75.3 cm³/mol. The van der Waals surface area contributed by atoms with Gasteiger partial charge in [-0.05, 0) is 41.0 Å². The highest BCUT2D eigenvalue weighted by Gasteiger charge is 2.16. The quantitative estimate of drug-likeness (QED) is 0.912. The number of aryl methyl sites for hydroxylation is 2. The molecule has 1 aromatic rings. The summed E-state index contributed by atoms with van der Waals surface area (Å²) in [5, 5.41) is 2.77. The Labute approximate surface area is 115 Å². The molecule has 108 valence electrons. The molecule has 5 nitrogen and oxygen atoms in total. The van der Waals surface area contributed by atoms with E-state index in [0.29, 0.717) is 6.54 Å². The van der Waals surface area contributed by atoms with Gasteiger partial charge in [-0.1, -0.05) is 6.92 Å². The second kappa shape index (κ2) is 6.08. The van der Waals surface area contributed by atoms with Gasteiger partial charge in [0.1, 0.15) is 11.4 Å². The first kappa shape index (κ1) is 15.5. The highest BCUT2D eigenvalue weighted by Crippen LogP contribution is 2.11.